The molecule has 1 fully saturated rings. The number of ether oxygens (including phenoxy) is 1. The van der Waals surface area contributed by atoms with Crippen LogP contribution in [-0.4, -0.2) is 52.3 Å². The number of rotatable bonds is 7. The summed E-state index contributed by atoms with van der Waals surface area (Å²) < 4.78 is 6.96. The Morgan fingerprint density at radius 2 is 1.85 bits per heavy atom. The fraction of sp³-hybridized carbons (Fsp3) is 0.346. The number of nitrogens with one attached hydrogen (secondary N) is 1. The number of benzene rings is 2. The van der Waals surface area contributed by atoms with Gasteiger partial charge in [0.05, 0.1) is 19.3 Å². The van der Waals surface area contributed by atoms with Gasteiger partial charge in [0.15, 0.2) is 0 Å². The van der Waals surface area contributed by atoms with Crippen molar-refractivity contribution in [2.24, 2.45) is 0 Å². The van der Waals surface area contributed by atoms with Crippen molar-refractivity contribution >= 4 is 23.5 Å². The molecule has 1 aliphatic heterocycles. The fourth-order valence-corrected chi connectivity index (χ4v) is 4.64. The monoisotopic (exact) mass is 480 g/mol. The second-order valence-corrected chi connectivity index (χ2v) is 9.15. The lowest BCUT2D eigenvalue weighted by Gasteiger charge is -2.22. The Bertz CT molecular complexity index is 1180. The number of aromatic nitrogens is 2. The first-order chi connectivity index (χ1) is 16.3. The van der Waals surface area contributed by atoms with Crippen molar-refractivity contribution in [1.29, 1.82) is 0 Å². The van der Waals surface area contributed by atoms with Crippen molar-refractivity contribution in [1.82, 2.24) is 20.0 Å². The van der Waals surface area contributed by atoms with E-state index in [-0.39, 0.29) is 17.9 Å². The Balaban J connectivity index is 1.40. The highest BCUT2D eigenvalue weighted by atomic mass is 35.5. The van der Waals surface area contributed by atoms with Crippen LogP contribution in [0.25, 0.3) is 0 Å². The number of halogens is 1. The summed E-state index contributed by atoms with van der Waals surface area (Å²) in [4.78, 5) is 27.3. The summed E-state index contributed by atoms with van der Waals surface area (Å²) in [6.45, 7) is 5.70. The zero-order valence-corrected chi connectivity index (χ0v) is 20.4. The minimum Gasteiger partial charge on any atom is -0.468 e. The molecule has 0 aliphatic carbocycles. The second kappa shape index (κ2) is 10.4. The highest BCUT2D eigenvalue weighted by Gasteiger charge is 2.38. The van der Waals surface area contributed by atoms with E-state index in [9.17, 15) is 9.59 Å². The molecule has 1 aliphatic rings. The van der Waals surface area contributed by atoms with Gasteiger partial charge in [0.1, 0.15) is 6.04 Å². The van der Waals surface area contributed by atoms with Crippen LogP contribution in [0.5, 0.6) is 0 Å². The quantitative estimate of drug-likeness (QED) is 0.521. The maximum atomic E-state index is 12.9. The Morgan fingerprint density at radius 3 is 2.50 bits per heavy atom. The maximum absolute atomic E-state index is 12.9. The normalized spacial score (nSPS) is 18.1. The van der Waals surface area contributed by atoms with E-state index in [1.807, 2.05) is 78.0 Å². The molecular weight excluding hydrogens is 452 g/mol. The van der Waals surface area contributed by atoms with E-state index in [2.05, 4.69) is 10.4 Å². The number of likely N-dealkylation sites (tertiary alicyclic amines) is 1. The van der Waals surface area contributed by atoms with Crippen LogP contribution < -0.4 is 5.32 Å². The minimum atomic E-state index is -0.435. The molecule has 2 atom stereocenters. The number of amides is 1. The number of esters is 1. The molecule has 7 nitrogen and oxygen atoms in total. The van der Waals surface area contributed by atoms with E-state index in [1.165, 1.54) is 7.11 Å². The van der Waals surface area contributed by atoms with Crippen molar-refractivity contribution in [3.8, 4) is 0 Å². The third-order valence-electron chi connectivity index (χ3n) is 6.20. The number of hydrogen-bond acceptors (Lipinski definition) is 5. The summed E-state index contributed by atoms with van der Waals surface area (Å²) in [5.41, 5.74) is 4.67. The zero-order chi connectivity index (χ0) is 24.2. The van der Waals surface area contributed by atoms with Crippen molar-refractivity contribution in [2.75, 3.05) is 13.7 Å². The topological polar surface area (TPSA) is 76.5 Å². The van der Waals surface area contributed by atoms with Gasteiger partial charge in [-0.05, 0) is 55.7 Å². The van der Waals surface area contributed by atoms with Crippen molar-refractivity contribution in [3.63, 3.8) is 0 Å². The fourth-order valence-electron chi connectivity index (χ4n) is 4.45. The first-order valence-electron chi connectivity index (χ1n) is 11.3. The van der Waals surface area contributed by atoms with Gasteiger partial charge in [-0.2, -0.15) is 5.10 Å². The highest BCUT2D eigenvalue weighted by molar-refractivity contribution is 6.31. The molecule has 0 spiro atoms. The summed E-state index contributed by atoms with van der Waals surface area (Å²) in [5.74, 6) is -0.469. The van der Waals surface area contributed by atoms with E-state index < -0.39 is 6.04 Å². The molecule has 1 amide bonds. The van der Waals surface area contributed by atoms with Crippen LogP contribution in [0.1, 0.15) is 39.3 Å². The molecule has 34 heavy (non-hydrogen) atoms. The average Bonchev–Trinajstić information content (AvgIpc) is 3.36. The van der Waals surface area contributed by atoms with Crippen LogP contribution in [-0.2, 0) is 22.6 Å². The first kappa shape index (κ1) is 24.0. The van der Waals surface area contributed by atoms with Gasteiger partial charge < -0.3 is 10.1 Å². The molecule has 2 aromatic carbocycles. The summed E-state index contributed by atoms with van der Waals surface area (Å²) in [6.07, 6.45) is 0.485. The van der Waals surface area contributed by atoms with E-state index in [0.29, 0.717) is 36.6 Å². The van der Waals surface area contributed by atoms with Crippen LogP contribution in [0, 0.1) is 13.8 Å². The number of methoxy groups -OCH3 is 1. The number of hydrogen-bond donors (Lipinski definition) is 1. The van der Waals surface area contributed by atoms with Crippen LogP contribution >= 0.6 is 11.6 Å². The molecule has 178 valence electrons. The third kappa shape index (κ3) is 5.48. The van der Waals surface area contributed by atoms with E-state index in [4.69, 9.17) is 16.3 Å². The van der Waals surface area contributed by atoms with E-state index >= 15 is 0 Å². The Labute approximate surface area is 204 Å². The maximum Gasteiger partial charge on any atom is 0.323 e. The molecule has 4 rings (SSSR count). The van der Waals surface area contributed by atoms with Gasteiger partial charge in [-0.25, -0.2) is 0 Å². The van der Waals surface area contributed by atoms with E-state index in [0.717, 1.165) is 22.5 Å². The molecule has 0 radical (unpaired) electrons. The molecule has 8 heteroatoms. The van der Waals surface area contributed by atoms with Gasteiger partial charge in [-0.15, -0.1) is 0 Å². The van der Waals surface area contributed by atoms with Gasteiger partial charge in [-0.1, -0.05) is 41.9 Å². The first-order valence-corrected chi connectivity index (χ1v) is 11.7. The Hall–Kier alpha value is -3.16. The third-order valence-corrected chi connectivity index (χ3v) is 6.56. The molecule has 1 saturated heterocycles. The van der Waals surface area contributed by atoms with Crippen LogP contribution in [0.4, 0.5) is 0 Å². The number of carbonyl (C=O) groups excluding carboxylic acids is 2. The largest absolute Gasteiger partial charge is 0.468 e. The molecular formula is C26H29ClN4O3. The van der Waals surface area contributed by atoms with E-state index in [1.54, 1.807) is 0 Å². The molecule has 1 aromatic heterocycles. The predicted molar refractivity (Wildman–Crippen MR) is 131 cm³/mol. The summed E-state index contributed by atoms with van der Waals surface area (Å²) in [7, 11) is 1.38. The van der Waals surface area contributed by atoms with Gasteiger partial charge >= 0.3 is 5.97 Å². The van der Waals surface area contributed by atoms with Gasteiger partial charge in [0.25, 0.3) is 5.91 Å². The number of carbonyl (C=O) groups is 2. The predicted octanol–water partition coefficient (Wildman–Crippen LogP) is 3.75. The van der Waals surface area contributed by atoms with Crippen LogP contribution in [0.2, 0.25) is 5.02 Å². The van der Waals surface area contributed by atoms with Crippen molar-refractivity contribution in [2.45, 2.75) is 45.4 Å². The molecule has 0 unspecified atom stereocenters. The van der Waals surface area contributed by atoms with Gasteiger partial charge in [0.2, 0.25) is 0 Å². The lowest BCUT2D eigenvalue weighted by atomic mass is 10.1. The van der Waals surface area contributed by atoms with Crippen LogP contribution in [0.15, 0.2) is 54.6 Å². The molecule has 0 bridgehead atoms. The summed E-state index contributed by atoms with van der Waals surface area (Å²) >= 11 is 6.32. The average molecular weight is 481 g/mol. The van der Waals surface area contributed by atoms with Crippen LogP contribution in [0.3, 0.4) is 0 Å². The smallest absolute Gasteiger partial charge is 0.323 e. The Morgan fingerprint density at radius 1 is 1.12 bits per heavy atom. The summed E-state index contributed by atoms with van der Waals surface area (Å²) in [5, 5.41) is 8.22. The molecule has 3 aromatic rings. The SMILES string of the molecule is COC(=O)[C@@H]1C[C@@H](NC(=O)c2ccc(Cn3nc(C)cc3C)cc2)CN1Cc1ccccc1Cl. The molecule has 0 saturated carbocycles. The van der Waals surface area contributed by atoms with Gasteiger partial charge in [-0.3, -0.25) is 19.2 Å². The minimum absolute atomic E-state index is 0.161. The molecule has 2 heterocycles. The van der Waals surface area contributed by atoms with Gasteiger partial charge in [0, 0.05) is 35.4 Å². The summed E-state index contributed by atoms with van der Waals surface area (Å²) in [6, 6.07) is 16.5. The zero-order valence-electron chi connectivity index (χ0n) is 19.6. The lowest BCUT2D eigenvalue weighted by molar-refractivity contribution is -0.146. The Kier molecular flexibility index (Phi) is 7.34. The number of aryl methyl sites for hydroxylation is 2. The highest BCUT2D eigenvalue weighted by Crippen LogP contribution is 2.25. The standard InChI is InChI=1S/C26H29ClN4O3/c1-17-12-18(2)31(29-17)14-19-8-10-20(11-9-19)25(32)28-22-13-24(26(33)34-3)30(16-22)15-21-6-4-5-7-23(21)27/h4-12,22,24H,13-16H2,1-3H3,(H,28,32)/t22-,24+/m1/s1. The lowest BCUT2D eigenvalue weighted by Crippen LogP contribution is -2.37. The molecule has 1 N–H and O–H groups in total. The second-order valence-electron chi connectivity index (χ2n) is 8.75. The van der Waals surface area contributed by atoms with Crippen molar-refractivity contribution in [3.05, 3.63) is 87.7 Å². The van der Waals surface area contributed by atoms with Crippen molar-refractivity contribution < 1.29 is 14.3 Å². The number of nitrogens with zero attached hydrogens (tertiary/aromatic N) is 3.